The number of thiophene rings is 1. The first kappa shape index (κ1) is 13.3. The summed E-state index contributed by atoms with van der Waals surface area (Å²) in [4.78, 5) is 14.2. The Kier molecular flexibility index (Phi) is 3.59. The fraction of sp³-hybridized carbons (Fsp3) is 0.312. The molecule has 1 aromatic heterocycles. The van der Waals surface area contributed by atoms with Crippen LogP contribution < -0.4 is 10.6 Å². The molecule has 0 bridgehead atoms. The van der Waals surface area contributed by atoms with Crippen LogP contribution in [0.5, 0.6) is 0 Å². The van der Waals surface area contributed by atoms with E-state index in [1.807, 2.05) is 24.5 Å². The SMILES string of the molecule is CCc1ccc(C(NC)c2ccc3c(c2)CC(=O)N3)s1. The number of carbonyl (C=O) groups excluding carboxylic acids is 1. The molecule has 3 rings (SSSR count). The van der Waals surface area contributed by atoms with Crippen LogP contribution in [0.2, 0.25) is 0 Å². The number of rotatable bonds is 4. The van der Waals surface area contributed by atoms with Crippen molar-refractivity contribution in [1.82, 2.24) is 5.32 Å². The predicted octanol–water partition coefficient (Wildman–Crippen LogP) is 3.11. The predicted molar refractivity (Wildman–Crippen MR) is 83.4 cm³/mol. The second-order valence-electron chi connectivity index (χ2n) is 5.02. The van der Waals surface area contributed by atoms with Gasteiger partial charge < -0.3 is 10.6 Å². The Morgan fingerprint density at radius 3 is 2.90 bits per heavy atom. The lowest BCUT2D eigenvalue weighted by atomic mass is 10.0. The number of benzene rings is 1. The molecule has 4 heteroatoms. The molecule has 104 valence electrons. The lowest BCUT2D eigenvalue weighted by Gasteiger charge is -2.16. The molecule has 0 spiro atoms. The van der Waals surface area contributed by atoms with E-state index >= 15 is 0 Å². The minimum atomic E-state index is 0.0857. The smallest absolute Gasteiger partial charge is 0.228 e. The zero-order valence-corrected chi connectivity index (χ0v) is 12.5. The van der Waals surface area contributed by atoms with E-state index in [2.05, 4.69) is 41.8 Å². The molecule has 0 saturated carbocycles. The highest BCUT2D eigenvalue weighted by Crippen LogP contribution is 2.32. The first-order valence-electron chi connectivity index (χ1n) is 6.89. The second-order valence-corrected chi connectivity index (χ2v) is 6.22. The van der Waals surface area contributed by atoms with Gasteiger partial charge in [0.25, 0.3) is 0 Å². The zero-order valence-electron chi connectivity index (χ0n) is 11.7. The van der Waals surface area contributed by atoms with Crippen molar-refractivity contribution in [1.29, 1.82) is 0 Å². The van der Waals surface area contributed by atoms with Crippen molar-refractivity contribution < 1.29 is 4.79 Å². The standard InChI is InChI=1S/C16H18N2OS/c1-3-12-5-7-14(20-12)16(17-2)10-4-6-13-11(8-10)9-15(19)18-13/h4-8,16-17H,3,9H2,1-2H3,(H,18,19). The van der Waals surface area contributed by atoms with Crippen LogP contribution in [0.3, 0.4) is 0 Å². The number of aryl methyl sites for hydroxylation is 1. The third kappa shape index (κ3) is 2.37. The van der Waals surface area contributed by atoms with E-state index < -0.39 is 0 Å². The zero-order chi connectivity index (χ0) is 14.1. The Labute approximate surface area is 123 Å². The van der Waals surface area contributed by atoms with Crippen LogP contribution in [-0.4, -0.2) is 13.0 Å². The van der Waals surface area contributed by atoms with Gasteiger partial charge in [-0.3, -0.25) is 4.79 Å². The Morgan fingerprint density at radius 1 is 1.35 bits per heavy atom. The van der Waals surface area contributed by atoms with Gasteiger partial charge in [0.05, 0.1) is 12.5 Å². The third-order valence-electron chi connectivity index (χ3n) is 3.69. The Bertz CT molecular complexity index is 648. The minimum absolute atomic E-state index is 0.0857. The van der Waals surface area contributed by atoms with Gasteiger partial charge in [0.1, 0.15) is 0 Å². The number of hydrogen-bond acceptors (Lipinski definition) is 3. The maximum Gasteiger partial charge on any atom is 0.228 e. The van der Waals surface area contributed by atoms with Gasteiger partial charge in [-0.1, -0.05) is 19.1 Å². The molecule has 1 aliphatic heterocycles. The van der Waals surface area contributed by atoms with Crippen molar-refractivity contribution in [3.63, 3.8) is 0 Å². The van der Waals surface area contributed by atoms with Crippen LogP contribution in [0.25, 0.3) is 0 Å². The number of hydrogen-bond donors (Lipinski definition) is 2. The Morgan fingerprint density at radius 2 is 2.20 bits per heavy atom. The van der Waals surface area contributed by atoms with Gasteiger partial charge >= 0.3 is 0 Å². The average Bonchev–Trinajstić information content (AvgIpc) is 3.04. The van der Waals surface area contributed by atoms with Crippen LogP contribution in [0.4, 0.5) is 5.69 Å². The van der Waals surface area contributed by atoms with E-state index in [1.54, 1.807) is 0 Å². The van der Waals surface area contributed by atoms with Gasteiger partial charge in [-0.2, -0.15) is 0 Å². The van der Waals surface area contributed by atoms with Crippen molar-refractivity contribution in [2.45, 2.75) is 25.8 Å². The molecule has 2 heterocycles. The highest BCUT2D eigenvalue weighted by molar-refractivity contribution is 7.12. The number of anilines is 1. The van der Waals surface area contributed by atoms with E-state index in [4.69, 9.17) is 0 Å². The normalized spacial score (nSPS) is 15.0. The molecule has 1 aromatic carbocycles. The molecule has 0 fully saturated rings. The Balaban J connectivity index is 1.94. The largest absolute Gasteiger partial charge is 0.326 e. The molecule has 1 amide bonds. The van der Waals surface area contributed by atoms with E-state index in [0.29, 0.717) is 6.42 Å². The van der Waals surface area contributed by atoms with E-state index in [9.17, 15) is 4.79 Å². The van der Waals surface area contributed by atoms with Crippen molar-refractivity contribution in [3.8, 4) is 0 Å². The summed E-state index contributed by atoms with van der Waals surface area (Å²) in [7, 11) is 1.98. The molecule has 0 radical (unpaired) electrons. The fourth-order valence-electron chi connectivity index (χ4n) is 2.64. The van der Waals surface area contributed by atoms with E-state index in [-0.39, 0.29) is 11.9 Å². The van der Waals surface area contributed by atoms with E-state index in [1.165, 1.54) is 15.3 Å². The molecule has 3 nitrogen and oxygen atoms in total. The lowest BCUT2D eigenvalue weighted by molar-refractivity contribution is -0.115. The van der Waals surface area contributed by atoms with Gasteiger partial charge in [0.2, 0.25) is 5.91 Å². The van der Waals surface area contributed by atoms with Crippen molar-refractivity contribution in [2.75, 3.05) is 12.4 Å². The van der Waals surface area contributed by atoms with Crippen molar-refractivity contribution in [3.05, 3.63) is 51.2 Å². The fourth-order valence-corrected chi connectivity index (χ4v) is 3.73. The summed E-state index contributed by atoms with van der Waals surface area (Å²) in [6.07, 6.45) is 1.56. The molecular formula is C16H18N2OS. The molecule has 0 saturated heterocycles. The van der Waals surface area contributed by atoms with Crippen LogP contribution in [0.1, 0.15) is 33.8 Å². The molecule has 1 aliphatic rings. The van der Waals surface area contributed by atoms with Crippen LogP contribution >= 0.6 is 11.3 Å². The summed E-state index contributed by atoms with van der Waals surface area (Å²) in [6, 6.07) is 10.8. The molecule has 2 aromatic rings. The summed E-state index contributed by atoms with van der Waals surface area (Å²) in [5.74, 6) is 0.0857. The maximum atomic E-state index is 11.4. The number of fused-ring (bicyclic) bond motifs is 1. The molecule has 20 heavy (non-hydrogen) atoms. The highest BCUT2D eigenvalue weighted by atomic mass is 32.1. The second kappa shape index (κ2) is 5.38. The van der Waals surface area contributed by atoms with Gasteiger partial charge in [0, 0.05) is 15.4 Å². The molecule has 0 aliphatic carbocycles. The number of amides is 1. The third-order valence-corrected chi connectivity index (χ3v) is 4.99. The first-order valence-corrected chi connectivity index (χ1v) is 7.71. The maximum absolute atomic E-state index is 11.4. The van der Waals surface area contributed by atoms with Crippen LogP contribution in [0, 0.1) is 0 Å². The van der Waals surface area contributed by atoms with Crippen molar-refractivity contribution >= 4 is 22.9 Å². The van der Waals surface area contributed by atoms with E-state index in [0.717, 1.165) is 17.7 Å². The summed E-state index contributed by atoms with van der Waals surface area (Å²) in [5.41, 5.74) is 3.27. The minimum Gasteiger partial charge on any atom is -0.326 e. The van der Waals surface area contributed by atoms with Gasteiger partial charge in [0.15, 0.2) is 0 Å². The molecular weight excluding hydrogens is 268 g/mol. The average molecular weight is 286 g/mol. The quantitative estimate of drug-likeness (QED) is 0.906. The molecule has 1 atom stereocenters. The Hall–Kier alpha value is -1.65. The van der Waals surface area contributed by atoms with Gasteiger partial charge in [-0.05, 0) is 42.8 Å². The van der Waals surface area contributed by atoms with Crippen LogP contribution in [0.15, 0.2) is 30.3 Å². The van der Waals surface area contributed by atoms with Gasteiger partial charge in [-0.15, -0.1) is 11.3 Å². The lowest BCUT2D eigenvalue weighted by Crippen LogP contribution is -2.16. The van der Waals surface area contributed by atoms with Crippen molar-refractivity contribution in [2.24, 2.45) is 0 Å². The summed E-state index contributed by atoms with van der Waals surface area (Å²) < 4.78 is 0. The summed E-state index contributed by atoms with van der Waals surface area (Å²) >= 11 is 1.85. The number of carbonyl (C=O) groups is 1. The molecule has 1 unspecified atom stereocenters. The highest BCUT2D eigenvalue weighted by Gasteiger charge is 2.20. The molecule has 2 N–H and O–H groups in total. The van der Waals surface area contributed by atoms with Gasteiger partial charge in [-0.25, -0.2) is 0 Å². The monoisotopic (exact) mass is 286 g/mol. The summed E-state index contributed by atoms with van der Waals surface area (Å²) in [6.45, 7) is 2.18. The summed E-state index contributed by atoms with van der Waals surface area (Å²) in [5, 5.41) is 6.26. The first-order chi connectivity index (χ1) is 9.71. The van der Waals surface area contributed by atoms with Crippen LogP contribution in [-0.2, 0) is 17.6 Å². The number of nitrogens with one attached hydrogen (secondary N) is 2. The topological polar surface area (TPSA) is 41.1 Å².